The molecule has 0 amide bonds. The number of nitrogens with two attached hydrogens (primary N) is 1. The van der Waals surface area contributed by atoms with Crippen molar-refractivity contribution in [1.82, 2.24) is 14.1 Å². The van der Waals surface area contributed by atoms with Crippen LogP contribution in [0, 0.1) is 6.92 Å². The number of aryl methyl sites for hydroxylation is 1. The summed E-state index contributed by atoms with van der Waals surface area (Å²) in [5, 5.41) is 0.517. The van der Waals surface area contributed by atoms with E-state index in [0.717, 1.165) is 38.2 Å². The quantitative estimate of drug-likeness (QED) is 0.316. The van der Waals surface area contributed by atoms with Gasteiger partial charge in [0.2, 0.25) is 0 Å². The monoisotopic (exact) mass is 594 g/mol. The smallest absolute Gasteiger partial charge is 0.406 e. The summed E-state index contributed by atoms with van der Waals surface area (Å²) in [4.78, 5) is 30.1. The molecule has 5 rings (SSSR count). The summed E-state index contributed by atoms with van der Waals surface area (Å²) in [7, 11) is 1.61. The molecule has 0 saturated heterocycles. The highest BCUT2D eigenvalue weighted by atomic mass is 35.5. The number of fused-ring (bicyclic) bond motifs is 1. The molecule has 3 heterocycles. The zero-order chi connectivity index (χ0) is 28.8. The van der Waals surface area contributed by atoms with Gasteiger partial charge in [-0.25, -0.2) is 4.79 Å². The molecule has 0 aliphatic heterocycles. The van der Waals surface area contributed by atoms with E-state index < -0.39 is 29.5 Å². The predicted molar refractivity (Wildman–Crippen MR) is 147 cm³/mol. The predicted octanol–water partition coefficient (Wildman–Crippen LogP) is 4.74. The Balaban J connectivity index is 1.51. The lowest BCUT2D eigenvalue weighted by Crippen LogP contribution is -2.59. The van der Waals surface area contributed by atoms with Gasteiger partial charge in [-0.15, -0.1) is 11.3 Å². The van der Waals surface area contributed by atoms with Crippen molar-refractivity contribution in [2.24, 2.45) is 5.73 Å². The van der Waals surface area contributed by atoms with Crippen molar-refractivity contribution in [2.75, 3.05) is 13.7 Å². The number of halogens is 4. The molecule has 1 aliphatic carbocycles. The number of aromatic nitrogens is 3. The number of alkyl halides is 3. The van der Waals surface area contributed by atoms with Gasteiger partial charge in [0, 0.05) is 65.0 Å². The van der Waals surface area contributed by atoms with Crippen LogP contribution in [0.1, 0.15) is 23.3 Å². The van der Waals surface area contributed by atoms with E-state index in [9.17, 15) is 22.8 Å². The summed E-state index contributed by atoms with van der Waals surface area (Å²) in [6, 6.07) is 8.11. The molecular formula is C27H26ClF3N4O4S. The Morgan fingerprint density at radius 3 is 2.65 bits per heavy atom. The molecule has 0 atom stereocenters. The van der Waals surface area contributed by atoms with E-state index in [-0.39, 0.29) is 12.6 Å². The summed E-state index contributed by atoms with van der Waals surface area (Å²) in [5.74, 6) is 0.658. The highest BCUT2D eigenvalue weighted by molar-refractivity contribution is 7.19. The Morgan fingerprint density at radius 2 is 1.95 bits per heavy atom. The molecule has 1 saturated carbocycles. The van der Waals surface area contributed by atoms with E-state index >= 15 is 0 Å². The van der Waals surface area contributed by atoms with Crippen molar-refractivity contribution in [3.05, 3.63) is 79.0 Å². The summed E-state index contributed by atoms with van der Waals surface area (Å²) in [6.07, 6.45) is -0.949. The van der Waals surface area contributed by atoms with Gasteiger partial charge in [0.1, 0.15) is 18.4 Å². The van der Waals surface area contributed by atoms with E-state index in [4.69, 9.17) is 26.8 Å². The van der Waals surface area contributed by atoms with Gasteiger partial charge in [-0.05, 0) is 36.8 Å². The van der Waals surface area contributed by atoms with Gasteiger partial charge in [-0.3, -0.25) is 18.9 Å². The number of nitrogens with zero attached hydrogens (tertiary/aromatic N) is 3. The Hall–Kier alpha value is -3.19. The van der Waals surface area contributed by atoms with Crippen LogP contribution in [0.3, 0.4) is 0 Å². The van der Waals surface area contributed by atoms with Crippen molar-refractivity contribution < 1.29 is 22.6 Å². The van der Waals surface area contributed by atoms with Gasteiger partial charge >= 0.3 is 11.9 Å². The molecule has 212 valence electrons. The Labute approximate surface area is 235 Å². The minimum atomic E-state index is -4.60. The van der Waals surface area contributed by atoms with Crippen LogP contribution in [0.15, 0.2) is 52.3 Å². The molecule has 1 fully saturated rings. The van der Waals surface area contributed by atoms with E-state index in [1.807, 2.05) is 19.1 Å². The van der Waals surface area contributed by atoms with E-state index in [1.54, 1.807) is 25.4 Å². The fourth-order valence-corrected chi connectivity index (χ4v) is 6.44. The van der Waals surface area contributed by atoms with Crippen molar-refractivity contribution in [2.45, 2.75) is 50.7 Å². The second-order valence-corrected chi connectivity index (χ2v) is 11.7. The minimum absolute atomic E-state index is 0.0983. The van der Waals surface area contributed by atoms with Gasteiger partial charge in [-0.1, -0.05) is 11.6 Å². The third-order valence-electron chi connectivity index (χ3n) is 6.78. The van der Waals surface area contributed by atoms with E-state index in [0.29, 0.717) is 45.2 Å². The van der Waals surface area contributed by atoms with E-state index in [1.165, 1.54) is 11.3 Å². The van der Waals surface area contributed by atoms with Crippen LogP contribution in [-0.2, 0) is 17.8 Å². The first-order valence-corrected chi connectivity index (χ1v) is 13.5. The zero-order valence-electron chi connectivity index (χ0n) is 21.6. The topological polar surface area (TPSA) is 101 Å². The number of pyridine rings is 1. The number of hydrogen-bond acceptors (Lipinski definition) is 7. The fraction of sp³-hybridized carbons (Fsp3) is 0.370. The zero-order valence-corrected chi connectivity index (χ0v) is 23.2. The first-order valence-electron chi connectivity index (χ1n) is 12.4. The Kier molecular flexibility index (Phi) is 7.55. The SMILES string of the molecule is COCC1(N)CC(Oc2c(C)cc(Cl)cc2-c2ccnc3cc(Cn4c(=O)ccn(CC(F)(F)F)c4=O)sc23)C1. The van der Waals surface area contributed by atoms with Gasteiger partial charge in [0.05, 0.1) is 23.4 Å². The van der Waals surface area contributed by atoms with E-state index in [2.05, 4.69) is 4.98 Å². The molecule has 0 bridgehead atoms. The summed E-state index contributed by atoms with van der Waals surface area (Å²) >= 11 is 7.73. The lowest BCUT2D eigenvalue weighted by molar-refractivity contribution is -0.141. The van der Waals surface area contributed by atoms with Crippen molar-refractivity contribution in [1.29, 1.82) is 0 Å². The number of hydrogen-bond donors (Lipinski definition) is 1. The summed E-state index contributed by atoms with van der Waals surface area (Å²) in [6.45, 7) is 0.655. The molecular weight excluding hydrogens is 569 g/mol. The maximum absolute atomic E-state index is 12.9. The Morgan fingerprint density at radius 1 is 1.20 bits per heavy atom. The highest BCUT2D eigenvalue weighted by Crippen LogP contribution is 2.44. The molecule has 0 unspecified atom stereocenters. The molecule has 1 aliphatic rings. The van der Waals surface area contributed by atoms with Crippen LogP contribution in [0.5, 0.6) is 5.75 Å². The third kappa shape index (κ3) is 5.80. The molecule has 0 spiro atoms. The Bertz CT molecular complexity index is 1690. The second-order valence-electron chi connectivity index (χ2n) is 10.1. The van der Waals surface area contributed by atoms with Gasteiger partial charge in [0.15, 0.2) is 0 Å². The third-order valence-corrected chi connectivity index (χ3v) is 8.14. The summed E-state index contributed by atoms with van der Waals surface area (Å²) < 4.78 is 52.4. The van der Waals surface area contributed by atoms with Crippen LogP contribution in [0.4, 0.5) is 13.2 Å². The lowest BCUT2D eigenvalue weighted by Gasteiger charge is -2.44. The van der Waals surface area contributed by atoms with Gasteiger partial charge in [0.25, 0.3) is 5.56 Å². The molecule has 2 N–H and O–H groups in total. The highest BCUT2D eigenvalue weighted by Gasteiger charge is 2.43. The average Bonchev–Trinajstić information content (AvgIpc) is 3.26. The second kappa shape index (κ2) is 10.7. The van der Waals surface area contributed by atoms with Crippen molar-refractivity contribution >= 4 is 33.2 Å². The number of benzene rings is 1. The normalized spacial score (nSPS) is 19.1. The molecule has 1 aromatic carbocycles. The largest absolute Gasteiger partial charge is 0.489 e. The fourth-order valence-electron chi connectivity index (χ4n) is 5.04. The number of thiophene rings is 1. The van der Waals surface area contributed by atoms with Crippen LogP contribution in [-0.4, -0.2) is 45.7 Å². The molecule has 3 aromatic heterocycles. The lowest BCUT2D eigenvalue weighted by atomic mass is 9.75. The number of methoxy groups -OCH3 is 1. The number of rotatable bonds is 8. The maximum atomic E-state index is 12.9. The van der Waals surface area contributed by atoms with Crippen LogP contribution in [0.25, 0.3) is 21.3 Å². The molecule has 0 radical (unpaired) electrons. The van der Waals surface area contributed by atoms with Gasteiger partial charge < -0.3 is 15.2 Å². The van der Waals surface area contributed by atoms with Crippen molar-refractivity contribution in [3.8, 4) is 16.9 Å². The average molecular weight is 595 g/mol. The van der Waals surface area contributed by atoms with Crippen LogP contribution >= 0.6 is 22.9 Å². The van der Waals surface area contributed by atoms with Crippen LogP contribution < -0.4 is 21.7 Å². The maximum Gasteiger partial charge on any atom is 0.406 e. The van der Waals surface area contributed by atoms with Crippen molar-refractivity contribution in [3.63, 3.8) is 0 Å². The summed E-state index contributed by atoms with van der Waals surface area (Å²) in [5.41, 5.74) is 7.14. The number of ether oxygens (including phenoxy) is 2. The first kappa shape index (κ1) is 28.3. The van der Waals surface area contributed by atoms with Gasteiger partial charge in [-0.2, -0.15) is 13.2 Å². The molecule has 13 heteroatoms. The standard InChI is InChI=1S/C27H26ClF3N4O4S/c1-15-7-16(28)8-20(23(15)39-17-10-26(32,11-17)14-38-2)19-3-5-33-21-9-18(40-24(19)21)12-35-22(36)4-6-34(25(35)37)13-27(29,30)31/h3-9,17H,10-14,32H2,1-2H3. The first-order chi connectivity index (χ1) is 18.9. The molecule has 8 nitrogen and oxygen atoms in total. The minimum Gasteiger partial charge on any atom is -0.489 e. The molecule has 4 aromatic rings. The molecule has 40 heavy (non-hydrogen) atoms. The van der Waals surface area contributed by atoms with Crippen LogP contribution in [0.2, 0.25) is 5.02 Å².